The molecule has 2 N–H and O–H groups in total. The van der Waals surface area contributed by atoms with Crippen LogP contribution in [0.3, 0.4) is 0 Å². The summed E-state index contributed by atoms with van der Waals surface area (Å²) in [4.78, 5) is 11.1. The van der Waals surface area contributed by atoms with E-state index < -0.39 is 12.0 Å². The topological polar surface area (TPSA) is 49.3 Å². The molecule has 1 rings (SSSR count). The van der Waals surface area contributed by atoms with E-state index in [0.29, 0.717) is 17.4 Å². The van der Waals surface area contributed by atoms with Crippen molar-refractivity contribution < 1.29 is 9.90 Å². The molecule has 0 saturated heterocycles. The van der Waals surface area contributed by atoms with Crippen molar-refractivity contribution in [3.63, 3.8) is 0 Å². The molecule has 0 amide bonds. The fourth-order valence-electron chi connectivity index (χ4n) is 1.92. The Morgan fingerprint density at radius 3 is 2.28 bits per heavy atom. The largest absolute Gasteiger partial charge is 0.480 e. The Kier molecular flexibility index (Phi) is 5.63. The predicted molar refractivity (Wildman–Crippen MR) is 73.9 cm³/mol. The van der Waals surface area contributed by atoms with Crippen LogP contribution in [0, 0.1) is 5.92 Å². The third-order valence-electron chi connectivity index (χ3n) is 2.98. The number of hydrogen-bond donors (Lipinski definition) is 2. The fourth-order valence-corrected chi connectivity index (χ4v) is 2.05. The van der Waals surface area contributed by atoms with Crippen molar-refractivity contribution in [1.82, 2.24) is 5.32 Å². The lowest BCUT2D eigenvalue weighted by Crippen LogP contribution is -2.40. The van der Waals surface area contributed by atoms with E-state index in [1.807, 2.05) is 31.2 Å². The van der Waals surface area contributed by atoms with E-state index in [9.17, 15) is 4.79 Å². The van der Waals surface area contributed by atoms with Gasteiger partial charge in [0, 0.05) is 11.1 Å². The van der Waals surface area contributed by atoms with E-state index in [1.165, 1.54) is 0 Å². The van der Waals surface area contributed by atoms with Crippen molar-refractivity contribution >= 4 is 17.6 Å². The Morgan fingerprint density at radius 1 is 1.33 bits per heavy atom. The zero-order valence-corrected chi connectivity index (χ0v) is 11.7. The summed E-state index contributed by atoms with van der Waals surface area (Å²) in [5.74, 6) is -0.503. The summed E-state index contributed by atoms with van der Waals surface area (Å²) in [5.41, 5.74) is 1.06. The fraction of sp³-hybridized carbons (Fsp3) is 0.500. The van der Waals surface area contributed by atoms with Crippen molar-refractivity contribution in [1.29, 1.82) is 0 Å². The predicted octanol–water partition coefficient (Wildman–Crippen LogP) is 3.49. The van der Waals surface area contributed by atoms with Gasteiger partial charge in [0.05, 0.1) is 0 Å². The van der Waals surface area contributed by atoms with E-state index in [2.05, 4.69) is 19.2 Å². The quantitative estimate of drug-likeness (QED) is 0.831. The number of rotatable bonds is 6. The van der Waals surface area contributed by atoms with E-state index in [-0.39, 0.29) is 6.04 Å². The molecule has 2 unspecified atom stereocenters. The summed E-state index contributed by atoms with van der Waals surface area (Å²) in [6.07, 6.45) is 0.562. The van der Waals surface area contributed by atoms with E-state index in [4.69, 9.17) is 16.7 Å². The average molecular weight is 270 g/mol. The lowest BCUT2D eigenvalue weighted by molar-refractivity contribution is -0.139. The highest BCUT2D eigenvalue weighted by molar-refractivity contribution is 6.30. The second-order valence-electron chi connectivity index (χ2n) is 4.74. The number of halogens is 1. The first-order chi connectivity index (χ1) is 8.45. The molecule has 0 bridgehead atoms. The molecule has 0 aliphatic rings. The highest BCUT2D eigenvalue weighted by atomic mass is 35.5. The van der Waals surface area contributed by atoms with Gasteiger partial charge < -0.3 is 5.11 Å². The van der Waals surface area contributed by atoms with Gasteiger partial charge in [-0.3, -0.25) is 10.1 Å². The third kappa shape index (κ3) is 4.00. The first kappa shape index (κ1) is 15.0. The zero-order valence-electron chi connectivity index (χ0n) is 11.0. The second kappa shape index (κ2) is 6.76. The van der Waals surface area contributed by atoms with Crippen LogP contribution in [0.1, 0.15) is 38.8 Å². The molecule has 0 aromatic heterocycles. The van der Waals surface area contributed by atoms with Crippen LogP contribution >= 0.6 is 11.6 Å². The number of hydrogen-bond acceptors (Lipinski definition) is 2. The average Bonchev–Trinajstić information content (AvgIpc) is 2.31. The summed E-state index contributed by atoms with van der Waals surface area (Å²) in [7, 11) is 0. The minimum absolute atomic E-state index is 0.0170. The smallest absolute Gasteiger partial charge is 0.320 e. The number of carbonyl (C=O) groups is 1. The van der Waals surface area contributed by atoms with Crippen molar-refractivity contribution in [3.8, 4) is 0 Å². The van der Waals surface area contributed by atoms with Crippen LogP contribution in [0.25, 0.3) is 0 Å². The number of nitrogens with one attached hydrogen (secondary N) is 1. The zero-order chi connectivity index (χ0) is 13.7. The van der Waals surface area contributed by atoms with Gasteiger partial charge >= 0.3 is 5.97 Å². The lowest BCUT2D eigenvalue weighted by Gasteiger charge is -2.26. The summed E-state index contributed by atoms with van der Waals surface area (Å²) >= 11 is 5.86. The molecule has 0 fully saturated rings. The van der Waals surface area contributed by atoms with Gasteiger partial charge in [0.1, 0.15) is 6.04 Å². The Balaban J connectivity index is 2.89. The van der Waals surface area contributed by atoms with Crippen molar-refractivity contribution in [2.24, 2.45) is 5.92 Å². The Bertz CT molecular complexity index is 389. The van der Waals surface area contributed by atoms with Crippen molar-refractivity contribution in [3.05, 3.63) is 34.9 Å². The van der Waals surface area contributed by atoms with Crippen molar-refractivity contribution in [2.75, 3.05) is 0 Å². The van der Waals surface area contributed by atoms with Gasteiger partial charge in [0.15, 0.2) is 0 Å². The second-order valence-corrected chi connectivity index (χ2v) is 5.18. The van der Waals surface area contributed by atoms with E-state index >= 15 is 0 Å². The van der Waals surface area contributed by atoms with E-state index in [0.717, 1.165) is 5.56 Å². The SMILES string of the molecule is CCC(NC(c1ccc(Cl)cc1)C(C)C)C(=O)O. The van der Waals surface area contributed by atoms with Gasteiger partial charge in [0.2, 0.25) is 0 Å². The maximum absolute atomic E-state index is 11.1. The molecular weight excluding hydrogens is 250 g/mol. The minimum Gasteiger partial charge on any atom is -0.480 e. The lowest BCUT2D eigenvalue weighted by atomic mass is 9.95. The summed E-state index contributed by atoms with van der Waals surface area (Å²) < 4.78 is 0. The molecule has 0 saturated carbocycles. The van der Waals surface area contributed by atoms with Crippen LogP contribution in [-0.4, -0.2) is 17.1 Å². The van der Waals surface area contributed by atoms with Crippen LogP contribution in [0.15, 0.2) is 24.3 Å². The van der Waals surface area contributed by atoms with Gasteiger partial charge in [-0.05, 0) is 30.0 Å². The van der Waals surface area contributed by atoms with Crippen LogP contribution in [0.2, 0.25) is 5.02 Å². The van der Waals surface area contributed by atoms with Gasteiger partial charge in [0.25, 0.3) is 0 Å². The van der Waals surface area contributed by atoms with Gasteiger partial charge in [-0.25, -0.2) is 0 Å². The summed E-state index contributed by atoms with van der Waals surface area (Å²) in [6.45, 7) is 6.01. The highest BCUT2D eigenvalue weighted by Crippen LogP contribution is 2.24. The number of carboxylic acids is 1. The summed E-state index contributed by atoms with van der Waals surface area (Å²) in [5, 5.41) is 13.0. The monoisotopic (exact) mass is 269 g/mol. The normalized spacial score (nSPS) is 14.5. The number of carboxylic acid groups (broad SMARTS) is 1. The van der Waals surface area contributed by atoms with Gasteiger partial charge in [-0.1, -0.05) is 44.5 Å². The molecule has 1 aromatic rings. The van der Waals surface area contributed by atoms with Crippen molar-refractivity contribution in [2.45, 2.75) is 39.3 Å². The standard InChI is InChI=1S/C14H20ClNO2/c1-4-12(14(17)18)16-13(9(2)3)10-5-7-11(15)8-6-10/h5-9,12-13,16H,4H2,1-3H3,(H,17,18). The first-order valence-corrected chi connectivity index (χ1v) is 6.57. The molecule has 2 atom stereocenters. The van der Waals surface area contributed by atoms with Crippen LogP contribution < -0.4 is 5.32 Å². The number of benzene rings is 1. The van der Waals surface area contributed by atoms with Crippen LogP contribution in [0.4, 0.5) is 0 Å². The van der Waals surface area contributed by atoms with Gasteiger partial charge in [-0.15, -0.1) is 0 Å². The Labute approximate surface area is 113 Å². The molecule has 0 radical (unpaired) electrons. The highest BCUT2D eigenvalue weighted by Gasteiger charge is 2.23. The van der Waals surface area contributed by atoms with Gasteiger partial charge in [-0.2, -0.15) is 0 Å². The minimum atomic E-state index is -0.808. The Hall–Kier alpha value is -1.06. The first-order valence-electron chi connectivity index (χ1n) is 6.20. The Morgan fingerprint density at radius 2 is 1.89 bits per heavy atom. The summed E-state index contributed by atoms with van der Waals surface area (Å²) in [6, 6.07) is 7.03. The maximum atomic E-state index is 11.1. The molecule has 0 aliphatic carbocycles. The molecule has 18 heavy (non-hydrogen) atoms. The molecule has 3 nitrogen and oxygen atoms in total. The molecule has 0 heterocycles. The third-order valence-corrected chi connectivity index (χ3v) is 3.23. The number of aliphatic carboxylic acids is 1. The van der Waals surface area contributed by atoms with Crippen LogP contribution in [0.5, 0.6) is 0 Å². The van der Waals surface area contributed by atoms with Crippen LogP contribution in [-0.2, 0) is 4.79 Å². The molecular formula is C14H20ClNO2. The molecule has 100 valence electrons. The van der Waals surface area contributed by atoms with E-state index in [1.54, 1.807) is 0 Å². The molecule has 4 heteroatoms. The maximum Gasteiger partial charge on any atom is 0.320 e. The molecule has 1 aromatic carbocycles. The molecule has 0 aliphatic heterocycles. The molecule has 0 spiro atoms.